The van der Waals surface area contributed by atoms with Gasteiger partial charge in [-0.15, -0.1) is 0 Å². The molecule has 1 aliphatic heterocycles. The Kier molecular flexibility index (Phi) is 5.27. The molecule has 1 aromatic heterocycles. The molecular formula is C19H22N2O4S. The number of benzene rings is 1. The minimum atomic E-state index is -3.03. The number of rotatable bonds is 5. The Hall–Kier alpha value is -2.41. The quantitative estimate of drug-likeness (QED) is 0.803. The van der Waals surface area contributed by atoms with Crippen molar-refractivity contribution in [2.75, 3.05) is 25.2 Å². The van der Waals surface area contributed by atoms with Crippen LogP contribution in [0.1, 0.15) is 23.7 Å². The van der Waals surface area contributed by atoms with Crippen LogP contribution in [0.15, 0.2) is 42.6 Å². The fourth-order valence-electron chi connectivity index (χ4n) is 3.23. The van der Waals surface area contributed by atoms with Gasteiger partial charge in [-0.05, 0) is 37.1 Å². The molecule has 3 rings (SSSR count). The molecule has 0 radical (unpaired) electrons. The molecule has 138 valence electrons. The van der Waals surface area contributed by atoms with E-state index in [0.717, 1.165) is 11.1 Å². The lowest BCUT2D eigenvalue weighted by atomic mass is 10.0. The second-order valence-corrected chi connectivity index (χ2v) is 8.54. The Morgan fingerprint density at radius 3 is 2.38 bits per heavy atom. The number of carbonyl (C=O) groups excluding carboxylic acids is 1. The summed E-state index contributed by atoms with van der Waals surface area (Å²) in [6, 6.07) is 10.7. The maximum absolute atomic E-state index is 12.8. The van der Waals surface area contributed by atoms with Gasteiger partial charge in [0.1, 0.15) is 0 Å². The number of amides is 1. The average Bonchev–Trinajstić information content (AvgIpc) is 3.02. The Labute approximate surface area is 153 Å². The standard InChI is InChI=1S/C19H22N2O4S/c1-3-21(17-10-11-26(23,24)13-17)19(22)15-6-4-14(5-7-15)16-8-9-18(25-2)20-12-16/h4-9,12,17H,3,10-11,13H2,1-2H3/t17-/m1/s1. The molecule has 0 unspecified atom stereocenters. The summed E-state index contributed by atoms with van der Waals surface area (Å²) in [7, 11) is -1.46. The van der Waals surface area contributed by atoms with Crippen LogP contribution in [0.2, 0.25) is 0 Å². The van der Waals surface area contributed by atoms with Crippen LogP contribution in [0.5, 0.6) is 5.88 Å². The number of carbonyl (C=O) groups is 1. The van der Waals surface area contributed by atoms with E-state index in [1.807, 2.05) is 25.1 Å². The van der Waals surface area contributed by atoms with Crippen molar-refractivity contribution in [1.82, 2.24) is 9.88 Å². The number of sulfone groups is 1. The van der Waals surface area contributed by atoms with Gasteiger partial charge >= 0.3 is 0 Å². The van der Waals surface area contributed by atoms with E-state index in [1.54, 1.807) is 36.4 Å². The summed E-state index contributed by atoms with van der Waals surface area (Å²) in [5.74, 6) is 0.632. The van der Waals surface area contributed by atoms with Crippen LogP contribution in [0, 0.1) is 0 Å². The summed E-state index contributed by atoms with van der Waals surface area (Å²) < 4.78 is 28.5. The summed E-state index contributed by atoms with van der Waals surface area (Å²) in [5, 5.41) is 0. The van der Waals surface area contributed by atoms with E-state index in [0.29, 0.717) is 24.4 Å². The molecule has 0 N–H and O–H groups in total. The second kappa shape index (κ2) is 7.45. The fraction of sp³-hybridized carbons (Fsp3) is 0.368. The highest BCUT2D eigenvalue weighted by atomic mass is 32.2. The first-order valence-corrected chi connectivity index (χ1v) is 10.4. The van der Waals surface area contributed by atoms with Crippen LogP contribution in [0.25, 0.3) is 11.1 Å². The van der Waals surface area contributed by atoms with Crippen molar-refractivity contribution in [3.05, 3.63) is 48.2 Å². The van der Waals surface area contributed by atoms with Gasteiger partial charge in [0.2, 0.25) is 5.88 Å². The van der Waals surface area contributed by atoms with Crippen molar-refractivity contribution >= 4 is 15.7 Å². The van der Waals surface area contributed by atoms with E-state index < -0.39 is 9.84 Å². The van der Waals surface area contributed by atoms with E-state index in [2.05, 4.69) is 4.98 Å². The van der Waals surface area contributed by atoms with E-state index in [1.165, 1.54) is 0 Å². The molecule has 7 heteroatoms. The molecule has 1 aromatic carbocycles. The Morgan fingerprint density at radius 2 is 1.88 bits per heavy atom. The summed E-state index contributed by atoms with van der Waals surface area (Å²) >= 11 is 0. The number of aromatic nitrogens is 1. The van der Waals surface area contributed by atoms with Gasteiger partial charge in [0.25, 0.3) is 5.91 Å². The van der Waals surface area contributed by atoms with Crippen molar-refractivity contribution in [1.29, 1.82) is 0 Å². The molecule has 0 aliphatic carbocycles. The van der Waals surface area contributed by atoms with E-state index in [4.69, 9.17) is 4.74 Å². The minimum Gasteiger partial charge on any atom is -0.481 e. The fourth-order valence-corrected chi connectivity index (χ4v) is 4.96. The van der Waals surface area contributed by atoms with Crippen LogP contribution < -0.4 is 4.74 Å². The predicted molar refractivity (Wildman–Crippen MR) is 100.0 cm³/mol. The lowest BCUT2D eigenvalue weighted by Gasteiger charge is -2.27. The van der Waals surface area contributed by atoms with Gasteiger partial charge in [-0.2, -0.15) is 0 Å². The maximum Gasteiger partial charge on any atom is 0.254 e. The van der Waals surface area contributed by atoms with Crippen LogP contribution in [-0.4, -0.2) is 55.4 Å². The molecule has 2 aromatic rings. The summed E-state index contributed by atoms with van der Waals surface area (Å²) in [4.78, 5) is 18.7. The van der Waals surface area contributed by atoms with Crippen molar-refractivity contribution in [3.63, 3.8) is 0 Å². The van der Waals surface area contributed by atoms with E-state index in [-0.39, 0.29) is 23.5 Å². The number of hydrogen-bond donors (Lipinski definition) is 0. The third-order valence-corrected chi connectivity index (χ3v) is 6.41. The summed E-state index contributed by atoms with van der Waals surface area (Å²) in [6.45, 7) is 2.36. The first-order valence-electron chi connectivity index (χ1n) is 8.55. The number of nitrogens with zero attached hydrogens (tertiary/aromatic N) is 2. The molecule has 1 atom stereocenters. The Balaban J connectivity index is 1.77. The molecule has 1 amide bonds. The number of methoxy groups -OCH3 is 1. The van der Waals surface area contributed by atoms with Crippen molar-refractivity contribution in [3.8, 4) is 17.0 Å². The van der Waals surface area contributed by atoms with Gasteiger partial charge in [-0.25, -0.2) is 13.4 Å². The van der Waals surface area contributed by atoms with Crippen LogP contribution in [0.4, 0.5) is 0 Å². The van der Waals surface area contributed by atoms with Gasteiger partial charge in [-0.1, -0.05) is 12.1 Å². The molecule has 26 heavy (non-hydrogen) atoms. The Morgan fingerprint density at radius 1 is 1.19 bits per heavy atom. The third kappa shape index (κ3) is 3.88. The average molecular weight is 374 g/mol. The summed E-state index contributed by atoms with van der Waals surface area (Å²) in [5.41, 5.74) is 2.43. The monoisotopic (exact) mass is 374 g/mol. The van der Waals surface area contributed by atoms with Crippen LogP contribution in [0.3, 0.4) is 0 Å². The number of hydrogen-bond acceptors (Lipinski definition) is 5. The van der Waals surface area contributed by atoms with Crippen LogP contribution >= 0.6 is 0 Å². The highest BCUT2D eigenvalue weighted by Gasteiger charge is 2.34. The maximum atomic E-state index is 12.8. The molecule has 1 fully saturated rings. The van der Waals surface area contributed by atoms with E-state index >= 15 is 0 Å². The molecule has 0 saturated carbocycles. The van der Waals surface area contributed by atoms with Gasteiger partial charge in [0.05, 0.1) is 18.6 Å². The molecular weight excluding hydrogens is 352 g/mol. The Bertz CT molecular complexity index is 877. The number of ether oxygens (including phenoxy) is 1. The third-order valence-electron chi connectivity index (χ3n) is 4.66. The van der Waals surface area contributed by atoms with E-state index in [9.17, 15) is 13.2 Å². The van der Waals surface area contributed by atoms with Gasteiger partial charge in [-0.3, -0.25) is 4.79 Å². The smallest absolute Gasteiger partial charge is 0.254 e. The first-order chi connectivity index (χ1) is 12.4. The highest BCUT2D eigenvalue weighted by molar-refractivity contribution is 7.91. The van der Waals surface area contributed by atoms with Gasteiger partial charge in [0.15, 0.2) is 9.84 Å². The minimum absolute atomic E-state index is 0.0577. The zero-order valence-corrected chi connectivity index (χ0v) is 15.7. The number of pyridine rings is 1. The molecule has 6 nitrogen and oxygen atoms in total. The molecule has 0 spiro atoms. The zero-order valence-electron chi connectivity index (χ0n) is 14.9. The lowest BCUT2D eigenvalue weighted by Crippen LogP contribution is -2.40. The highest BCUT2D eigenvalue weighted by Crippen LogP contribution is 2.23. The molecule has 1 aliphatic rings. The second-order valence-electron chi connectivity index (χ2n) is 6.31. The van der Waals surface area contributed by atoms with Crippen molar-refractivity contribution in [2.45, 2.75) is 19.4 Å². The zero-order chi connectivity index (χ0) is 18.7. The first kappa shape index (κ1) is 18.4. The largest absolute Gasteiger partial charge is 0.481 e. The van der Waals surface area contributed by atoms with Crippen molar-refractivity contribution in [2.24, 2.45) is 0 Å². The lowest BCUT2D eigenvalue weighted by molar-refractivity contribution is 0.0708. The summed E-state index contributed by atoms with van der Waals surface area (Å²) in [6.07, 6.45) is 2.23. The molecule has 0 bridgehead atoms. The normalized spacial score (nSPS) is 18.5. The molecule has 1 saturated heterocycles. The van der Waals surface area contributed by atoms with Gasteiger partial charge < -0.3 is 9.64 Å². The SMILES string of the molecule is CCN(C(=O)c1ccc(-c2ccc(OC)nc2)cc1)[C@@H]1CCS(=O)(=O)C1. The molecule has 2 heterocycles. The predicted octanol–water partition coefficient (Wildman–Crippen LogP) is 2.41. The topological polar surface area (TPSA) is 76.6 Å². The van der Waals surface area contributed by atoms with Gasteiger partial charge in [0, 0.05) is 36.0 Å². The van der Waals surface area contributed by atoms with Crippen LogP contribution in [-0.2, 0) is 9.84 Å². The van der Waals surface area contributed by atoms with Crippen molar-refractivity contribution < 1.29 is 17.9 Å².